The summed E-state index contributed by atoms with van der Waals surface area (Å²) in [6.07, 6.45) is 63.3. The van der Waals surface area contributed by atoms with Crippen LogP contribution in [0.4, 0.5) is 0 Å². The smallest absolute Gasteiger partial charge is 0.220 e. The van der Waals surface area contributed by atoms with E-state index in [4.69, 9.17) is 0 Å². The van der Waals surface area contributed by atoms with Gasteiger partial charge in [-0.3, -0.25) is 4.79 Å². The number of allylic oxidation sites excluding steroid dienone is 3. The predicted octanol–water partition coefficient (Wildman–Crippen LogP) is 16.4. The van der Waals surface area contributed by atoms with Crippen molar-refractivity contribution in [1.29, 1.82) is 0 Å². The zero-order chi connectivity index (χ0) is 40.7. The van der Waals surface area contributed by atoms with Gasteiger partial charge in [0.2, 0.25) is 5.91 Å². The van der Waals surface area contributed by atoms with E-state index < -0.39 is 12.1 Å². The molecule has 3 N–H and O–H groups in total. The molecular formula is C52H101NO3. The van der Waals surface area contributed by atoms with E-state index >= 15 is 0 Å². The van der Waals surface area contributed by atoms with Gasteiger partial charge >= 0.3 is 0 Å². The van der Waals surface area contributed by atoms with Crippen LogP contribution < -0.4 is 5.32 Å². The Bertz CT molecular complexity index is 810. The number of nitrogens with one attached hydrogen (secondary N) is 1. The van der Waals surface area contributed by atoms with Crippen molar-refractivity contribution in [2.24, 2.45) is 0 Å². The van der Waals surface area contributed by atoms with E-state index in [9.17, 15) is 15.0 Å². The summed E-state index contributed by atoms with van der Waals surface area (Å²) in [5, 5.41) is 23.0. The summed E-state index contributed by atoms with van der Waals surface area (Å²) in [4.78, 5) is 12.4. The molecule has 0 fully saturated rings. The first kappa shape index (κ1) is 54.9. The molecule has 332 valence electrons. The number of hydrogen-bond acceptors (Lipinski definition) is 3. The molecule has 0 heterocycles. The Balaban J connectivity index is 3.40. The summed E-state index contributed by atoms with van der Waals surface area (Å²) in [5.74, 6) is -0.0613. The SMILES string of the molecule is CCCCCCCCCCC/C=C/C(O)C(CO)NC(=O)CCCCCCCCCCCCCCCCCCC/C=C\CCCCCCCCCCCCCC. The first-order valence-electron chi connectivity index (χ1n) is 25.6. The molecule has 4 nitrogen and oxygen atoms in total. The van der Waals surface area contributed by atoms with Crippen LogP contribution in [0.5, 0.6) is 0 Å². The summed E-state index contributed by atoms with van der Waals surface area (Å²) in [6.45, 7) is 4.31. The Morgan fingerprint density at radius 2 is 0.679 bits per heavy atom. The van der Waals surface area contributed by atoms with Gasteiger partial charge < -0.3 is 15.5 Å². The highest BCUT2D eigenvalue weighted by Gasteiger charge is 2.18. The number of aliphatic hydroxyl groups is 2. The van der Waals surface area contributed by atoms with Crippen molar-refractivity contribution in [3.8, 4) is 0 Å². The molecule has 0 aliphatic rings. The van der Waals surface area contributed by atoms with Gasteiger partial charge in [0.15, 0.2) is 0 Å². The van der Waals surface area contributed by atoms with Crippen LogP contribution in [0.15, 0.2) is 24.3 Å². The Morgan fingerprint density at radius 1 is 0.411 bits per heavy atom. The summed E-state index contributed by atoms with van der Waals surface area (Å²) in [6, 6.07) is -0.617. The van der Waals surface area contributed by atoms with Crippen LogP contribution in [0.3, 0.4) is 0 Å². The summed E-state index contributed by atoms with van der Waals surface area (Å²) in [7, 11) is 0. The lowest BCUT2D eigenvalue weighted by Crippen LogP contribution is -2.45. The average molecular weight is 788 g/mol. The number of carbonyl (C=O) groups excluding carboxylic acids is 1. The molecule has 0 aliphatic heterocycles. The Hall–Kier alpha value is -1.13. The van der Waals surface area contributed by atoms with Crippen LogP contribution in [0.2, 0.25) is 0 Å². The molecule has 0 saturated heterocycles. The van der Waals surface area contributed by atoms with Gasteiger partial charge in [-0.15, -0.1) is 0 Å². The van der Waals surface area contributed by atoms with E-state index in [1.54, 1.807) is 6.08 Å². The maximum absolute atomic E-state index is 12.4. The minimum Gasteiger partial charge on any atom is -0.394 e. The molecule has 0 aromatic heterocycles. The maximum Gasteiger partial charge on any atom is 0.220 e. The molecule has 0 rings (SSSR count). The molecule has 56 heavy (non-hydrogen) atoms. The van der Waals surface area contributed by atoms with Gasteiger partial charge in [0, 0.05) is 6.42 Å². The molecule has 0 spiro atoms. The number of amides is 1. The fourth-order valence-corrected chi connectivity index (χ4v) is 8.00. The van der Waals surface area contributed by atoms with E-state index in [2.05, 4.69) is 31.3 Å². The van der Waals surface area contributed by atoms with Gasteiger partial charge in [0.05, 0.1) is 18.8 Å². The molecule has 0 saturated carbocycles. The molecule has 4 heteroatoms. The fraction of sp³-hybridized carbons (Fsp3) is 0.904. The van der Waals surface area contributed by atoms with E-state index in [1.165, 1.54) is 238 Å². The van der Waals surface area contributed by atoms with Crippen LogP contribution in [-0.4, -0.2) is 34.9 Å². The molecule has 2 unspecified atom stereocenters. The largest absolute Gasteiger partial charge is 0.394 e. The zero-order valence-electron chi connectivity index (χ0n) is 38.2. The topological polar surface area (TPSA) is 69.6 Å². The number of unbranched alkanes of at least 4 members (excludes halogenated alkanes) is 38. The molecular weight excluding hydrogens is 687 g/mol. The number of aliphatic hydroxyl groups excluding tert-OH is 2. The first-order valence-corrected chi connectivity index (χ1v) is 25.6. The van der Waals surface area contributed by atoms with Gasteiger partial charge in [-0.2, -0.15) is 0 Å². The van der Waals surface area contributed by atoms with Crippen molar-refractivity contribution in [3.63, 3.8) is 0 Å². The van der Waals surface area contributed by atoms with Crippen LogP contribution in [0.25, 0.3) is 0 Å². The second-order valence-electron chi connectivity index (χ2n) is 17.6. The zero-order valence-corrected chi connectivity index (χ0v) is 38.2. The predicted molar refractivity (Wildman–Crippen MR) is 249 cm³/mol. The average Bonchev–Trinajstić information content (AvgIpc) is 3.20. The highest BCUT2D eigenvalue weighted by Crippen LogP contribution is 2.16. The maximum atomic E-state index is 12.4. The lowest BCUT2D eigenvalue weighted by Gasteiger charge is -2.20. The summed E-state index contributed by atoms with van der Waals surface area (Å²) < 4.78 is 0. The van der Waals surface area contributed by atoms with E-state index in [-0.39, 0.29) is 12.5 Å². The molecule has 0 aromatic rings. The molecule has 0 aliphatic carbocycles. The summed E-state index contributed by atoms with van der Waals surface area (Å²) >= 11 is 0. The van der Waals surface area contributed by atoms with Crippen molar-refractivity contribution in [3.05, 3.63) is 24.3 Å². The third-order valence-electron chi connectivity index (χ3n) is 11.9. The van der Waals surface area contributed by atoms with Gasteiger partial charge in [0.1, 0.15) is 0 Å². The lowest BCUT2D eigenvalue weighted by atomic mass is 10.0. The van der Waals surface area contributed by atoms with Crippen LogP contribution in [0, 0.1) is 0 Å². The van der Waals surface area contributed by atoms with E-state index in [0.29, 0.717) is 6.42 Å². The van der Waals surface area contributed by atoms with E-state index in [0.717, 1.165) is 25.7 Å². The highest BCUT2D eigenvalue weighted by molar-refractivity contribution is 5.76. The lowest BCUT2D eigenvalue weighted by molar-refractivity contribution is -0.123. The second-order valence-corrected chi connectivity index (χ2v) is 17.6. The van der Waals surface area contributed by atoms with Gasteiger partial charge in [-0.1, -0.05) is 256 Å². The summed E-state index contributed by atoms with van der Waals surface area (Å²) in [5.41, 5.74) is 0. The van der Waals surface area contributed by atoms with Crippen molar-refractivity contribution in [1.82, 2.24) is 5.32 Å². The Morgan fingerprint density at radius 3 is 0.982 bits per heavy atom. The van der Waals surface area contributed by atoms with Gasteiger partial charge in [-0.25, -0.2) is 0 Å². The minimum atomic E-state index is -0.834. The highest BCUT2D eigenvalue weighted by atomic mass is 16.3. The number of carbonyl (C=O) groups is 1. The Labute approximate surface area is 351 Å². The minimum absolute atomic E-state index is 0.0613. The third kappa shape index (κ3) is 44.0. The second kappa shape index (κ2) is 48.2. The van der Waals surface area contributed by atoms with Crippen molar-refractivity contribution in [2.75, 3.05) is 6.61 Å². The van der Waals surface area contributed by atoms with Crippen LogP contribution in [0.1, 0.15) is 284 Å². The molecule has 0 aromatic carbocycles. The third-order valence-corrected chi connectivity index (χ3v) is 11.9. The van der Waals surface area contributed by atoms with Crippen molar-refractivity contribution in [2.45, 2.75) is 296 Å². The van der Waals surface area contributed by atoms with Crippen LogP contribution in [-0.2, 0) is 4.79 Å². The first-order chi connectivity index (χ1) is 27.7. The number of hydrogen-bond donors (Lipinski definition) is 3. The van der Waals surface area contributed by atoms with Crippen molar-refractivity contribution >= 4 is 5.91 Å². The monoisotopic (exact) mass is 788 g/mol. The molecule has 1 amide bonds. The fourth-order valence-electron chi connectivity index (χ4n) is 8.00. The number of rotatable bonds is 47. The molecule has 0 bridgehead atoms. The van der Waals surface area contributed by atoms with Crippen LogP contribution >= 0.6 is 0 Å². The standard InChI is InChI=1S/C52H101NO3/c1-3-5-7-9-11-13-15-16-17-18-19-20-21-22-23-24-25-26-27-28-29-30-31-32-33-34-35-36-38-40-42-44-46-48-52(56)53-50(49-54)51(55)47-45-43-41-39-37-14-12-10-8-6-4-2/h22-23,45,47,50-51,54-55H,3-21,24-44,46,48-49H2,1-2H3,(H,53,56)/b23-22-,47-45+. The molecule has 2 atom stereocenters. The van der Waals surface area contributed by atoms with Gasteiger partial charge in [-0.05, 0) is 44.9 Å². The molecule has 0 radical (unpaired) electrons. The normalized spacial score (nSPS) is 13.0. The van der Waals surface area contributed by atoms with Gasteiger partial charge in [0.25, 0.3) is 0 Å². The van der Waals surface area contributed by atoms with Crippen molar-refractivity contribution < 1.29 is 15.0 Å². The quantitative estimate of drug-likeness (QED) is 0.0425. The Kier molecular flexibility index (Phi) is 47.3. The van der Waals surface area contributed by atoms with E-state index in [1.807, 2.05) is 6.08 Å².